The summed E-state index contributed by atoms with van der Waals surface area (Å²) in [7, 11) is 0. The summed E-state index contributed by atoms with van der Waals surface area (Å²) >= 11 is 0. The average Bonchev–Trinajstić information content (AvgIpc) is 2.54. The number of carbonyl (C=O) groups is 1. The minimum absolute atomic E-state index is 0.0321. The van der Waals surface area contributed by atoms with E-state index in [1.807, 2.05) is 38.1 Å². The van der Waals surface area contributed by atoms with Crippen molar-refractivity contribution in [3.8, 4) is 5.75 Å². The second-order valence-corrected chi connectivity index (χ2v) is 7.11. The van der Waals surface area contributed by atoms with Gasteiger partial charge in [0, 0.05) is 12.0 Å². The van der Waals surface area contributed by atoms with Crippen LogP contribution >= 0.6 is 0 Å². The first-order valence-electron chi connectivity index (χ1n) is 8.55. The molecule has 23 heavy (non-hydrogen) atoms. The van der Waals surface area contributed by atoms with Gasteiger partial charge in [-0.05, 0) is 37.9 Å². The van der Waals surface area contributed by atoms with Crippen molar-refractivity contribution in [1.82, 2.24) is 10.6 Å². The summed E-state index contributed by atoms with van der Waals surface area (Å²) in [5.41, 5.74) is 6.89. The zero-order chi connectivity index (χ0) is 16.4. The number of piperidine rings is 1. The molecule has 2 aliphatic rings. The van der Waals surface area contributed by atoms with Crippen LogP contribution in [0.15, 0.2) is 24.3 Å². The Morgan fingerprint density at radius 2 is 2.04 bits per heavy atom. The maximum absolute atomic E-state index is 12.4. The number of ether oxygens (including phenoxy) is 1. The van der Waals surface area contributed by atoms with Crippen molar-refractivity contribution in [3.63, 3.8) is 0 Å². The van der Waals surface area contributed by atoms with Crippen LogP contribution in [0.5, 0.6) is 5.75 Å². The SMILES string of the molecule is CC(C)[C@H](N)C(=O)NC1CC2(CCNCC2)Oc2ccccc21. The lowest BCUT2D eigenvalue weighted by atomic mass is 9.81. The van der Waals surface area contributed by atoms with Gasteiger partial charge in [0.2, 0.25) is 5.91 Å². The lowest BCUT2D eigenvalue weighted by Crippen LogP contribution is -2.53. The summed E-state index contributed by atoms with van der Waals surface area (Å²) in [6, 6.07) is 7.50. The molecule has 0 saturated carbocycles. The monoisotopic (exact) mass is 317 g/mol. The van der Waals surface area contributed by atoms with Gasteiger partial charge in [-0.1, -0.05) is 32.0 Å². The molecule has 4 N–H and O–H groups in total. The predicted molar refractivity (Wildman–Crippen MR) is 90.2 cm³/mol. The molecule has 1 amide bonds. The van der Waals surface area contributed by atoms with Gasteiger partial charge in [-0.15, -0.1) is 0 Å². The molecule has 2 atom stereocenters. The van der Waals surface area contributed by atoms with E-state index in [4.69, 9.17) is 10.5 Å². The van der Waals surface area contributed by atoms with Gasteiger partial charge in [-0.2, -0.15) is 0 Å². The van der Waals surface area contributed by atoms with Gasteiger partial charge in [0.25, 0.3) is 0 Å². The molecule has 1 spiro atoms. The third kappa shape index (κ3) is 3.35. The molecule has 1 unspecified atom stereocenters. The molecule has 2 heterocycles. The lowest BCUT2D eigenvalue weighted by Gasteiger charge is -2.45. The van der Waals surface area contributed by atoms with E-state index in [1.54, 1.807) is 0 Å². The molecule has 0 aromatic heterocycles. The van der Waals surface area contributed by atoms with Crippen molar-refractivity contribution in [2.24, 2.45) is 11.7 Å². The third-order valence-electron chi connectivity index (χ3n) is 5.05. The Labute approximate surface area is 138 Å². The van der Waals surface area contributed by atoms with Crippen LogP contribution in [0.25, 0.3) is 0 Å². The van der Waals surface area contributed by atoms with Crippen molar-refractivity contribution >= 4 is 5.91 Å². The summed E-state index contributed by atoms with van der Waals surface area (Å²) in [4.78, 5) is 12.4. The van der Waals surface area contributed by atoms with Crippen LogP contribution in [0.4, 0.5) is 0 Å². The van der Waals surface area contributed by atoms with E-state index in [0.717, 1.165) is 43.7 Å². The molecule has 1 aromatic carbocycles. The summed E-state index contributed by atoms with van der Waals surface area (Å²) in [6.45, 7) is 5.84. The number of carbonyl (C=O) groups excluding carboxylic acids is 1. The maximum Gasteiger partial charge on any atom is 0.237 e. The molecule has 5 heteroatoms. The highest BCUT2D eigenvalue weighted by Crippen LogP contribution is 2.43. The summed E-state index contributed by atoms with van der Waals surface area (Å²) in [5.74, 6) is 0.938. The zero-order valence-corrected chi connectivity index (χ0v) is 14.0. The molecule has 1 fully saturated rings. The number of amides is 1. The molecule has 5 nitrogen and oxygen atoms in total. The number of rotatable bonds is 3. The first-order chi connectivity index (χ1) is 11.0. The number of nitrogens with two attached hydrogens (primary N) is 1. The zero-order valence-electron chi connectivity index (χ0n) is 14.0. The van der Waals surface area contributed by atoms with Gasteiger partial charge in [0.1, 0.15) is 11.4 Å². The molecule has 2 aliphatic heterocycles. The standard InChI is InChI=1S/C18H27N3O2/c1-12(2)16(19)17(22)21-14-11-18(7-9-20-10-8-18)23-15-6-4-3-5-13(14)15/h3-6,12,14,16,20H,7-11,19H2,1-2H3,(H,21,22)/t14?,16-/m0/s1. The fourth-order valence-corrected chi connectivity index (χ4v) is 3.51. The van der Waals surface area contributed by atoms with Crippen LogP contribution < -0.4 is 21.1 Å². The van der Waals surface area contributed by atoms with Crippen molar-refractivity contribution in [2.45, 2.75) is 50.8 Å². The Bertz CT molecular complexity index is 567. The van der Waals surface area contributed by atoms with Crippen LogP contribution in [0, 0.1) is 5.92 Å². The van der Waals surface area contributed by atoms with Crippen molar-refractivity contribution in [3.05, 3.63) is 29.8 Å². The fourth-order valence-electron chi connectivity index (χ4n) is 3.51. The van der Waals surface area contributed by atoms with Crippen molar-refractivity contribution in [2.75, 3.05) is 13.1 Å². The molecular weight excluding hydrogens is 290 g/mol. The van der Waals surface area contributed by atoms with Crippen LogP contribution in [-0.2, 0) is 4.79 Å². The van der Waals surface area contributed by atoms with Gasteiger partial charge in [-0.3, -0.25) is 4.79 Å². The van der Waals surface area contributed by atoms with E-state index < -0.39 is 6.04 Å². The van der Waals surface area contributed by atoms with Crippen molar-refractivity contribution < 1.29 is 9.53 Å². The third-order valence-corrected chi connectivity index (χ3v) is 5.05. The van der Waals surface area contributed by atoms with E-state index in [0.29, 0.717) is 0 Å². The number of benzene rings is 1. The Hall–Kier alpha value is -1.59. The maximum atomic E-state index is 12.4. The first kappa shape index (κ1) is 16.3. The Morgan fingerprint density at radius 1 is 1.35 bits per heavy atom. The summed E-state index contributed by atoms with van der Waals surface area (Å²) in [6.07, 6.45) is 2.73. The average molecular weight is 317 g/mol. The number of nitrogens with one attached hydrogen (secondary N) is 2. The quantitative estimate of drug-likeness (QED) is 0.793. The second-order valence-electron chi connectivity index (χ2n) is 7.11. The smallest absolute Gasteiger partial charge is 0.237 e. The Morgan fingerprint density at radius 3 is 2.74 bits per heavy atom. The summed E-state index contributed by atoms with van der Waals surface area (Å²) < 4.78 is 6.36. The topological polar surface area (TPSA) is 76.4 Å². The van der Waals surface area contributed by atoms with Crippen LogP contribution in [0.2, 0.25) is 0 Å². The lowest BCUT2D eigenvalue weighted by molar-refractivity contribution is -0.124. The fraction of sp³-hybridized carbons (Fsp3) is 0.611. The van der Waals surface area contributed by atoms with E-state index in [9.17, 15) is 4.79 Å². The summed E-state index contributed by atoms with van der Waals surface area (Å²) in [5, 5.41) is 6.55. The molecule has 126 valence electrons. The van der Waals surface area contributed by atoms with E-state index >= 15 is 0 Å². The van der Waals surface area contributed by atoms with E-state index in [1.165, 1.54) is 0 Å². The molecule has 3 rings (SSSR count). The minimum atomic E-state index is -0.478. The largest absolute Gasteiger partial charge is 0.487 e. The van der Waals surface area contributed by atoms with Crippen LogP contribution in [0.1, 0.15) is 44.7 Å². The highest BCUT2D eigenvalue weighted by molar-refractivity contribution is 5.82. The highest BCUT2D eigenvalue weighted by atomic mass is 16.5. The van der Waals surface area contributed by atoms with E-state index in [2.05, 4.69) is 10.6 Å². The molecule has 0 bridgehead atoms. The second kappa shape index (κ2) is 6.49. The number of hydrogen-bond acceptors (Lipinski definition) is 4. The number of hydrogen-bond donors (Lipinski definition) is 3. The molecule has 0 aliphatic carbocycles. The normalized spacial score (nSPS) is 23.9. The van der Waals surface area contributed by atoms with Crippen molar-refractivity contribution in [1.29, 1.82) is 0 Å². The van der Waals surface area contributed by atoms with Gasteiger partial charge < -0.3 is 21.1 Å². The van der Waals surface area contributed by atoms with Crippen LogP contribution in [-0.4, -0.2) is 30.6 Å². The first-order valence-corrected chi connectivity index (χ1v) is 8.55. The Balaban J connectivity index is 1.84. The minimum Gasteiger partial charge on any atom is -0.487 e. The highest BCUT2D eigenvalue weighted by Gasteiger charge is 2.42. The van der Waals surface area contributed by atoms with Gasteiger partial charge in [-0.25, -0.2) is 0 Å². The van der Waals surface area contributed by atoms with Gasteiger partial charge >= 0.3 is 0 Å². The van der Waals surface area contributed by atoms with Gasteiger partial charge in [0.05, 0.1) is 12.1 Å². The van der Waals surface area contributed by atoms with Crippen LogP contribution in [0.3, 0.4) is 0 Å². The molecule has 0 radical (unpaired) electrons. The number of fused-ring (bicyclic) bond motifs is 1. The Kier molecular flexibility index (Phi) is 4.60. The molecular formula is C18H27N3O2. The van der Waals surface area contributed by atoms with E-state index in [-0.39, 0.29) is 23.5 Å². The predicted octanol–water partition coefficient (Wildman–Crippen LogP) is 1.73. The molecule has 1 saturated heterocycles. The number of para-hydroxylation sites is 1. The van der Waals surface area contributed by atoms with Gasteiger partial charge in [0.15, 0.2) is 0 Å². The molecule has 1 aromatic rings.